The number of thiocarbonyl (C=S) groups is 1. The highest BCUT2D eigenvalue weighted by molar-refractivity contribution is 7.80. The molecule has 0 saturated carbocycles. The third-order valence-corrected chi connectivity index (χ3v) is 3.08. The lowest BCUT2D eigenvalue weighted by molar-refractivity contribution is 0.245. The standard InChI is InChI=1S/C9H18N2S/c1-6-4-7(2)11(5-6)8(3)9(10)12/h6-8H,4-5H2,1-3H3,(H2,10,12). The number of hydrogen-bond donors (Lipinski definition) is 1. The Labute approximate surface area is 80.1 Å². The first-order valence-electron chi connectivity index (χ1n) is 4.57. The molecule has 0 aromatic rings. The van der Waals surface area contributed by atoms with Gasteiger partial charge in [-0.25, -0.2) is 0 Å². The zero-order valence-corrected chi connectivity index (χ0v) is 8.90. The molecule has 0 spiro atoms. The zero-order valence-electron chi connectivity index (χ0n) is 8.08. The maximum atomic E-state index is 5.61. The van der Waals surface area contributed by atoms with Crippen molar-refractivity contribution in [1.29, 1.82) is 0 Å². The van der Waals surface area contributed by atoms with E-state index in [1.165, 1.54) is 6.42 Å². The van der Waals surface area contributed by atoms with E-state index in [-0.39, 0.29) is 6.04 Å². The van der Waals surface area contributed by atoms with Gasteiger partial charge in [0, 0.05) is 12.6 Å². The fourth-order valence-corrected chi connectivity index (χ4v) is 2.17. The Morgan fingerprint density at radius 3 is 2.50 bits per heavy atom. The molecular weight excluding hydrogens is 168 g/mol. The highest BCUT2D eigenvalue weighted by atomic mass is 32.1. The predicted octanol–water partition coefficient (Wildman–Crippen LogP) is 1.39. The first-order valence-corrected chi connectivity index (χ1v) is 4.98. The van der Waals surface area contributed by atoms with Crippen LogP contribution in [0.3, 0.4) is 0 Å². The van der Waals surface area contributed by atoms with Crippen molar-refractivity contribution < 1.29 is 0 Å². The SMILES string of the molecule is CC1CC(C)N(C(C)C(N)=S)C1. The lowest BCUT2D eigenvalue weighted by Crippen LogP contribution is -2.43. The molecule has 0 aliphatic carbocycles. The minimum atomic E-state index is 0.264. The molecule has 0 aromatic carbocycles. The largest absolute Gasteiger partial charge is 0.392 e. The monoisotopic (exact) mass is 186 g/mol. The lowest BCUT2D eigenvalue weighted by atomic mass is 10.1. The van der Waals surface area contributed by atoms with E-state index < -0.39 is 0 Å². The van der Waals surface area contributed by atoms with Crippen LogP contribution < -0.4 is 5.73 Å². The van der Waals surface area contributed by atoms with Gasteiger partial charge in [-0.2, -0.15) is 0 Å². The molecule has 70 valence electrons. The summed E-state index contributed by atoms with van der Waals surface area (Å²) in [4.78, 5) is 3.02. The van der Waals surface area contributed by atoms with Crippen molar-refractivity contribution in [2.45, 2.75) is 39.3 Å². The molecule has 1 fully saturated rings. The second-order valence-electron chi connectivity index (χ2n) is 3.97. The first kappa shape index (κ1) is 9.93. The summed E-state index contributed by atoms with van der Waals surface area (Å²) in [6, 6.07) is 0.899. The maximum Gasteiger partial charge on any atom is 0.0899 e. The van der Waals surface area contributed by atoms with Crippen LogP contribution in [0.15, 0.2) is 0 Å². The summed E-state index contributed by atoms with van der Waals surface area (Å²) < 4.78 is 0. The van der Waals surface area contributed by atoms with E-state index >= 15 is 0 Å². The van der Waals surface area contributed by atoms with Crippen molar-refractivity contribution >= 4 is 17.2 Å². The second-order valence-corrected chi connectivity index (χ2v) is 4.44. The fraction of sp³-hybridized carbons (Fsp3) is 0.889. The van der Waals surface area contributed by atoms with Crippen LogP contribution in [0.2, 0.25) is 0 Å². The van der Waals surface area contributed by atoms with Crippen molar-refractivity contribution in [3.05, 3.63) is 0 Å². The van der Waals surface area contributed by atoms with Gasteiger partial charge in [0.05, 0.1) is 11.0 Å². The number of nitrogens with two attached hydrogens (primary N) is 1. The van der Waals surface area contributed by atoms with Crippen LogP contribution in [0, 0.1) is 5.92 Å². The number of likely N-dealkylation sites (tertiary alicyclic amines) is 1. The second kappa shape index (κ2) is 3.71. The molecule has 1 rings (SSSR count). The molecule has 0 amide bonds. The van der Waals surface area contributed by atoms with Crippen molar-refractivity contribution in [2.75, 3.05) is 6.54 Å². The predicted molar refractivity (Wildman–Crippen MR) is 56.2 cm³/mol. The summed E-state index contributed by atoms with van der Waals surface area (Å²) >= 11 is 4.98. The molecule has 2 N–H and O–H groups in total. The Bertz CT molecular complexity index is 181. The van der Waals surface area contributed by atoms with E-state index in [2.05, 4.69) is 25.7 Å². The van der Waals surface area contributed by atoms with E-state index in [0.29, 0.717) is 11.0 Å². The third kappa shape index (κ3) is 1.96. The zero-order chi connectivity index (χ0) is 9.30. The van der Waals surface area contributed by atoms with Gasteiger partial charge in [-0.3, -0.25) is 4.90 Å². The number of rotatable bonds is 2. The first-order chi connectivity index (χ1) is 5.52. The fourth-order valence-electron chi connectivity index (χ4n) is 2.04. The Morgan fingerprint density at radius 2 is 2.17 bits per heavy atom. The topological polar surface area (TPSA) is 29.3 Å². The Hall–Kier alpha value is -0.150. The van der Waals surface area contributed by atoms with Gasteiger partial charge >= 0.3 is 0 Å². The van der Waals surface area contributed by atoms with Crippen molar-refractivity contribution in [3.8, 4) is 0 Å². The van der Waals surface area contributed by atoms with Gasteiger partial charge in [0.15, 0.2) is 0 Å². The average molecular weight is 186 g/mol. The van der Waals surface area contributed by atoms with Crippen molar-refractivity contribution in [3.63, 3.8) is 0 Å². The quantitative estimate of drug-likeness (QED) is 0.661. The molecule has 3 atom stereocenters. The highest BCUT2D eigenvalue weighted by Gasteiger charge is 2.30. The molecule has 0 bridgehead atoms. The molecule has 2 nitrogen and oxygen atoms in total. The van der Waals surface area contributed by atoms with Crippen LogP contribution in [-0.4, -0.2) is 28.5 Å². The van der Waals surface area contributed by atoms with E-state index in [9.17, 15) is 0 Å². The summed E-state index contributed by atoms with van der Waals surface area (Å²) in [6.45, 7) is 7.76. The molecule has 3 heteroatoms. The van der Waals surface area contributed by atoms with Crippen LogP contribution >= 0.6 is 12.2 Å². The molecular formula is C9H18N2S. The molecule has 1 heterocycles. The summed E-state index contributed by atoms with van der Waals surface area (Å²) in [6.07, 6.45) is 1.27. The van der Waals surface area contributed by atoms with Crippen molar-refractivity contribution in [1.82, 2.24) is 4.90 Å². The molecule has 0 radical (unpaired) electrons. The average Bonchev–Trinajstić information content (AvgIpc) is 2.28. The summed E-state index contributed by atoms with van der Waals surface area (Å²) in [5, 5.41) is 0. The van der Waals surface area contributed by atoms with Gasteiger partial charge in [-0.1, -0.05) is 19.1 Å². The lowest BCUT2D eigenvalue weighted by Gasteiger charge is -2.27. The van der Waals surface area contributed by atoms with Crippen LogP contribution in [0.25, 0.3) is 0 Å². The molecule has 1 aliphatic heterocycles. The van der Waals surface area contributed by atoms with E-state index in [0.717, 1.165) is 12.5 Å². The van der Waals surface area contributed by atoms with Crippen LogP contribution in [0.4, 0.5) is 0 Å². The van der Waals surface area contributed by atoms with Gasteiger partial charge in [-0.05, 0) is 26.2 Å². The van der Waals surface area contributed by atoms with E-state index in [1.54, 1.807) is 0 Å². The summed E-state index contributed by atoms with van der Waals surface area (Å²) in [5.74, 6) is 0.789. The molecule has 1 aliphatic rings. The number of hydrogen-bond acceptors (Lipinski definition) is 2. The van der Waals surface area contributed by atoms with Crippen molar-refractivity contribution in [2.24, 2.45) is 11.7 Å². The minimum Gasteiger partial charge on any atom is -0.392 e. The molecule has 1 saturated heterocycles. The Kier molecular flexibility index (Phi) is 3.07. The summed E-state index contributed by atoms with van der Waals surface area (Å²) in [5.41, 5.74) is 5.61. The maximum absolute atomic E-state index is 5.61. The van der Waals surface area contributed by atoms with Gasteiger partial charge in [0.25, 0.3) is 0 Å². The van der Waals surface area contributed by atoms with Gasteiger partial charge in [-0.15, -0.1) is 0 Å². The van der Waals surface area contributed by atoms with Crippen LogP contribution in [-0.2, 0) is 0 Å². The van der Waals surface area contributed by atoms with E-state index in [1.807, 2.05) is 0 Å². The van der Waals surface area contributed by atoms with Gasteiger partial charge in [0.1, 0.15) is 0 Å². The normalized spacial score (nSPS) is 33.6. The Balaban J connectivity index is 2.57. The number of nitrogens with zero attached hydrogens (tertiary/aromatic N) is 1. The van der Waals surface area contributed by atoms with Gasteiger partial charge in [0.2, 0.25) is 0 Å². The third-order valence-electron chi connectivity index (χ3n) is 2.74. The molecule has 12 heavy (non-hydrogen) atoms. The molecule has 3 unspecified atom stereocenters. The summed E-state index contributed by atoms with van der Waals surface area (Å²) in [7, 11) is 0. The van der Waals surface area contributed by atoms with Crippen LogP contribution in [0.5, 0.6) is 0 Å². The smallest absolute Gasteiger partial charge is 0.0899 e. The van der Waals surface area contributed by atoms with Crippen LogP contribution in [0.1, 0.15) is 27.2 Å². The van der Waals surface area contributed by atoms with Gasteiger partial charge < -0.3 is 5.73 Å². The van der Waals surface area contributed by atoms with E-state index in [4.69, 9.17) is 18.0 Å². The minimum absolute atomic E-state index is 0.264. The molecule has 0 aromatic heterocycles. The Morgan fingerprint density at radius 1 is 1.58 bits per heavy atom. The highest BCUT2D eigenvalue weighted by Crippen LogP contribution is 2.24.